The van der Waals surface area contributed by atoms with Gasteiger partial charge in [-0.3, -0.25) is 48.6 Å². The number of nitrogens with one attached hydrogen (secondary N) is 1. The third kappa shape index (κ3) is 7.30. The van der Waals surface area contributed by atoms with Crippen molar-refractivity contribution in [3.05, 3.63) is 161 Å². The number of fused-ring (bicyclic) bond motifs is 4. The molecule has 1 N–H and O–H groups in total. The molecule has 310 valence electrons. The lowest BCUT2D eigenvalue weighted by Crippen LogP contribution is -2.34. The Morgan fingerprint density at radius 1 is 0.444 bits per heavy atom. The Morgan fingerprint density at radius 2 is 0.889 bits per heavy atom. The molecule has 10 rings (SSSR count). The molecule has 0 aliphatic carbocycles. The summed E-state index contributed by atoms with van der Waals surface area (Å²) >= 11 is 0. The summed E-state index contributed by atoms with van der Waals surface area (Å²) < 4.78 is 11.1. The van der Waals surface area contributed by atoms with E-state index in [1.165, 1.54) is 36.9 Å². The van der Waals surface area contributed by atoms with Crippen LogP contribution in [0.4, 0.5) is 5.95 Å². The molecule has 0 atom stereocenters. The first-order valence-electron chi connectivity index (χ1n) is 19.3. The van der Waals surface area contributed by atoms with Crippen molar-refractivity contribution >= 4 is 53.2 Å². The molecule has 0 unspecified atom stereocenters. The SMILES string of the molecule is O=C1NC(=O)c2cc(-c3ccc4c(c3)C(=O)N(COCCOCCN3C(=O)c5ccc(-c6ccc7c(c6)C(=O)N(c6ncccn6)C7=O)cc5C3=O)C4=O)ccc21.c1cncnc1. The van der Waals surface area contributed by atoms with E-state index in [4.69, 9.17) is 9.47 Å². The molecule has 4 aliphatic rings. The van der Waals surface area contributed by atoms with Gasteiger partial charge in [0.2, 0.25) is 5.95 Å². The summed E-state index contributed by atoms with van der Waals surface area (Å²) in [5.74, 6) is -4.20. The summed E-state index contributed by atoms with van der Waals surface area (Å²) in [5, 5.41) is 2.24. The number of carbonyl (C=O) groups is 8. The van der Waals surface area contributed by atoms with E-state index in [1.54, 1.807) is 79.1 Å². The van der Waals surface area contributed by atoms with Gasteiger partial charge in [-0.2, -0.15) is 0 Å². The van der Waals surface area contributed by atoms with Crippen LogP contribution in [0.15, 0.2) is 116 Å². The maximum Gasteiger partial charge on any atom is 0.268 e. The van der Waals surface area contributed by atoms with Crippen molar-refractivity contribution in [2.24, 2.45) is 0 Å². The normalized spacial score (nSPS) is 14.8. The van der Waals surface area contributed by atoms with Crippen molar-refractivity contribution in [2.75, 3.05) is 38.0 Å². The Bertz CT molecular complexity index is 2920. The molecule has 0 fully saturated rings. The van der Waals surface area contributed by atoms with E-state index in [0.29, 0.717) is 22.3 Å². The van der Waals surface area contributed by atoms with E-state index in [-0.39, 0.29) is 83.6 Å². The number of nitrogens with zero attached hydrogens (tertiary/aromatic N) is 7. The quantitative estimate of drug-likeness (QED) is 0.144. The Hall–Kier alpha value is -8.48. The predicted molar refractivity (Wildman–Crippen MR) is 218 cm³/mol. The van der Waals surface area contributed by atoms with E-state index in [0.717, 1.165) is 14.7 Å². The van der Waals surface area contributed by atoms with Crippen molar-refractivity contribution in [2.45, 2.75) is 0 Å². The molecule has 18 heteroatoms. The minimum atomic E-state index is -0.572. The fraction of sp³-hybridized carbons (Fsp3) is 0.111. The zero-order valence-corrected chi connectivity index (χ0v) is 32.7. The topological polar surface area (TPSA) is 228 Å². The second kappa shape index (κ2) is 16.5. The highest BCUT2D eigenvalue weighted by Crippen LogP contribution is 2.34. The summed E-state index contributed by atoms with van der Waals surface area (Å²) in [7, 11) is 0. The van der Waals surface area contributed by atoms with Gasteiger partial charge in [0.05, 0.1) is 70.9 Å². The van der Waals surface area contributed by atoms with Gasteiger partial charge in [0.1, 0.15) is 13.1 Å². The van der Waals surface area contributed by atoms with Gasteiger partial charge in [-0.05, 0) is 82.9 Å². The monoisotopic (exact) mass is 842 g/mol. The molecule has 6 heterocycles. The van der Waals surface area contributed by atoms with E-state index in [2.05, 4.69) is 25.3 Å². The zero-order chi connectivity index (χ0) is 43.8. The van der Waals surface area contributed by atoms with Gasteiger partial charge in [0, 0.05) is 24.8 Å². The largest absolute Gasteiger partial charge is 0.377 e. The van der Waals surface area contributed by atoms with Gasteiger partial charge in [0.25, 0.3) is 47.3 Å². The molecular formula is C45H30N8O10. The molecule has 6 aromatic rings. The van der Waals surface area contributed by atoms with Crippen molar-refractivity contribution in [3.63, 3.8) is 0 Å². The van der Waals surface area contributed by atoms with Crippen LogP contribution in [0.1, 0.15) is 82.9 Å². The first kappa shape index (κ1) is 40.0. The molecule has 8 amide bonds. The molecule has 0 bridgehead atoms. The van der Waals surface area contributed by atoms with Crippen LogP contribution < -0.4 is 10.2 Å². The van der Waals surface area contributed by atoms with Crippen molar-refractivity contribution in [1.29, 1.82) is 0 Å². The minimum Gasteiger partial charge on any atom is -0.377 e. The third-order valence-electron chi connectivity index (χ3n) is 10.5. The fourth-order valence-corrected chi connectivity index (χ4v) is 7.40. The number of hydrogen-bond acceptors (Lipinski definition) is 14. The number of rotatable bonds is 11. The van der Waals surface area contributed by atoms with Crippen molar-refractivity contribution < 1.29 is 47.8 Å². The first-order valence-corrected chi connectivity index (χ1v) is 19.3. The van der Waals surface area contributed by atoms with Crippen LogP contribution in [0.5, 0.6) is 0 Å². The number of benzene rings is 4. The number of hydrogen-bond donors (Lipinski definition) is 1. The van der Waals surface area contributed by atoms with E-state index in [1.807, 2.05) is 0 Å². The number of aromatic nitrogens is 4. The molecule has 0 saturated carbocycles. The predicted octanol–water partition coefficient (Wildman–Crippen LogP) is 3.85. The van der Waals surface area contributed by atoms with Crippen LogP contribution in [-0.4, -0.2) is 110 Å². The Kier molecular flexibility index (Phi) is 10.5. The van der Waals surface area contributed by atoms with Crippen LogP contribution >= 0.6 is 0 Å². The molecule has 18 nitrogen and oxygen atoms in total. The summed E-state index contributed by atoms with van der Waals surface area (Å²) in [6.45, 7) is -0.326. The third-order valence-corrected chi connectivity index (χ3v) is 10.5. The Balaban J connectivity index is 0.000000777. The van der Waals surface area contributed by atoms with Gasteiger partial charge in [0.15, 0.2) is 0 Å². The van der Waals surface area contributed by atoms with E-state index < -0.39 is 47.3 Å². The molecule has 0 saturated heterocycles. The van der Waals surface area contributed by atoms with Crippen LogP contribution in [0.2, 0.25) is 0 Å². The molecule has 0 spiro atoms. The lowest BCUT2D eigenvalue weighted by Gasteiger charge is -2.15. The van der Waals surface area contributed by atoms with Crippen LogP contribution in [0.25, 0.3) is 22.3 Å². The smallest absolute Gasteiger partial charge is 0.268 e. The average molecular weight is 843 g/mol. The summed E-state index contributed by atoms with van der Waals surface area (Å²) in [4.78, 5) is 121. The number of carbonyl (C=O) groups excluding carboxylic acids is 8. The molecule has 63 heavy (non-hydrogen) atoms. The molecular weight excluding hydrogens is 813 g/mol. The highest BCUT2D eigenvalue weighted by molar-refractivity contribution is 6.34. The van der Waals surface area contributed by atoms with Crippen LogP contribution in [0.3, 0.4) is 0 Å². The van der Waals surface area contributed by atoms with Crippen LogP contribution in [-0.2, 0) is 9.47 Å². The van der Waals surface area contributed by atoms with Gasteiger partial charge >= 0.3 is 0 Å². The van der Waals surface area contributed by atoms with Gasteiger partial charge in [-0.1, -0.05) is 24.3 Å². The number of imide groups is 4. The number of amides is 8. The number of ether oxygens (including phenoxy) is 2. The van der Waals surface area contributed by atoms with Crippen molar-refractivity contribution in [1.82, 2.24) is 35.1 Å². The standard InChI is InChI=1S/C41H26N6O10.C4H4N2/c48-33-25-6-2-21(16-29(25)34(49)44-33)22-4-8-27-31(18-22)38(53)46(36(27)51)20-57-15-14-56-13-12-45-35(50)26-7-3-23(17-30(26)37(45)52)24-5-9-28-32(19-24)40(55)47(39(28)54)41-42-10-1-11-43-41;1-2-5-4-6-3-1/h1-11,16-19H,12-15,20H2,(H,44,48,49);1-4H. The molecule has 4 aliphatic heterocycles. The lowest BCUT2D eigenvalue weighted by molar-refractivity contribution is 0.00109. The maximum atomic E-state index is 13.3. The lowest BCUT2D eigenvalue weighted by atomic mass is 9.97. The highest BCUT2D eigenvalue weighted by Gasteiger charge is 2.40. The fourth-order valence-electron chi connectivity index (χ4n) is 7.40. The van der Waals surface area contributed by atoms with Crippen molar-refractivity contribution in [3.8, 4) is 22.3 Å². The Labute approximate surface area is 356 Å². The summed E-state index contributed by atoms with van der Waals surface area (Å²) in [5.41, 5.74) is 3.96. The maximum absolute atomic E-state index is 13.3. The van der Waals surface area contributed by atoms with E-state index in [9.17, 15) is 38.4 Å². The van der Waals surface area contributed by atoms with Gasteiger partial charge in [-0.25, -0.2) is 29.7 Å². The van der Waals surface area contributed by atoms with Gasteiger partial charge in [-0.15, -0.1) is 0 Å². The first-order chi connectivity index (χ1) is 30.6. The molecule has 4 aromatic carbocycles. The average Bonchev–Trinajstić information content (AvgIpc) is 3.93. The zero-order valence-electron chi connectivity index (χ0n) is 32.7. The Morgan fingerprint density at radius 3 is 1.46 bits per heavy atom. The van der Waals surface area contributed by atoms with Gasteiger partial charge < -0.3 is 9.47 Å². The second-order valence-corrected chi connectivity index (χ2v) is 14.2. The summed E-state index contributed by atoms with van der Waals surface area (Å²) in [6.07, 6.45) is 7.73. The molecule has 2 aromatic heterocycles. The number of anilines is 1. The van der Waals surface area contributed by atoms with Crippen LogP contribution in [0, 0.1) is 0 Å². The summed E-state index contributed by atoms with van der Waals surface area (Å²) in [6, 6.07) is 22.4. The minimum absolute atomic E-state index is 0.00141. The highest BCUT2D eigenvalue weighted by atomic mass is 16.5. The second-order valence-electron chi connectivity index (χ2n) is 14.2. The van der Waals surface area contributed by atoms with E-state index >= 15 is 0 Å². The molecule has 0 radical (unpaired) electrons.